The fraction of sp³-hybridized carbons (Fsp3) is 0.333. The Morgan fingerprint density at radius 2 is 2.35 bits per heavy atom. The lowest BCUT2D eigenvalue weighted by molar-refractivity contribution is 0.380. The molecule has 0 amide bonds. The molecule has 0 radical (unpaired) electrons. The van der Waals surface area contributed by atoms with Crippen molar-refractivity contribution in [2.45, 2.75) is 13.0 Å². The van der Waals surface area contributed by atoms with Crippen LogP contribution in [0.5, 0.6) is 0 Å². The number of aromatic nitrogens is 2. The zero-order chi connectivity index (χ0) is 11.8. The summed E-state index contributed by atoms with van der Waals surface area (Å²) in [5.74, 6) is 1.07. The van der Waals surface area contributed by atoms with Crippen molar-refractivity contribution in [3.05, 3.63) is 29.7 Å². The van der Waals surface area contributed by atoms with Gasteiger partial charge in [0.25, 0.3) is 0 Å². The van der Waals surface area contributed by atoms with Crippen LogP contribution in [0, 0.1) is 0 Å². The van der Waals surface area contributed by atoms with Gasteiger partial charge in [0.2, 0.25) is 11.7 Å². The normalized spacial score (nSPS) is 14.1. The molecule has 0 aliphatic carbocycles. The topological polar surface area (TPSA) is 68.2 Å². The first-order valence-electron chi connectivity index (χ1n) is 5.65. The number of nitrogens with two attached hydrogens (primary N) is 1. The van der Waals surface area contributed by atoms with Crippen LogP contribution in [0.15, 0.2) is 22.7 Å². The van der Waals surface area contributed by atoms with Gasteiger partial charge in [-0.15, -0.1) is 0 Å². The van der Waals surface area contributed by atoms with E-state index in [2.05, 4.69) is 34.2 Å². The molecule has 0 unspecified atom stereocenters. The van der Waals surface area contributed by atoms with Gasteiger partial charge in [0.15, 0.2) is 0 Å². The highest BCUT2D eigenvalue weighted by Gasteiger charge is 2.17. The van der Waals surface area contributed by atoms with E-state index >= 15 is 0 Å². The van der Waals surface area contributed by atoms with E-state index in [1.54, 1.807) is 0 Å². The highest BCUT2D eigenvalue weighted by atomic mass is 16.5. The maximum atomic E-state index is 5.45. The zero-order valence-electron chi connectivity index (χ0n) is 9.68. The molecule has 0 saturated carbocycles. The number of benzene rings is 1. The van der Waals surface area contributed by atoms with E-state index in [4.69, 9.17) is 10.3 Å². The Morgan fingerprint density at radius 1 is 1.47 bits per heavy atom. The van der Waals surface area contributed by atoms with E-state index in [9.17, 15) is 0 Å². The molecule has 17 heavy (non-hydrogen) atoms. The third-order valence-corrected chi connectivity index (χ3v) is 3.11. The van der Waals surface area contributed by atoms with E-state index < -0.39 is 0 Å². The highest BCUT2D eigenvalue weighted by Crippen LogP contribution is 2.30. The Hall–Kier alpha value is -1.88. The fourth-order valence-corrected chi connectivity index (χ4v) is 2.13. The summed E-state index contributed by atoms with van der Waals surface area (Å²) in [6.07, 6.45) is 1.10. The van der Waals surface area contributed by atoms with Gasteiger partial charge in [-0.3, -0.25) is 0 Å². The smallest absolute Gasteiger partial charge is 0.240 e. The summed E-state index contributed by atoms with van der Waals surface area (Å²) in [7, 11) is 2.09. The molecular formula is C12H14N4O. The molecular weight excluding hydrogens is 216 g/mol. The molecule has 2 aromatic rings. The van der Waals surface area contributed by atoms with Crippen LogP contribution in [-0.2, 0) is 13.0 Å². The van der Waals surface area contributed by atoms with Crippen LogP contribution in [-0.4, -0.2) is 23.7 Å². The molecule has 2 heterocycles. The van der Waals surface area contributed by atoms with Crippen molar-refractivity contribution < 1.29 is 4.52 Å². The van der Waals surface area contributed by atoms with E-state index in [1.807, 2.05) is 6.07 Å². The summed E-state index contributed by atoms with van der Waals surface area (Å²) in [6.45, 7) is 1.34. The first-order chi connectivity index (χ1) is 8.28. The third kappa shape index (κ3) is 1.68. The van der Waals surface area contributed by atoms with E-state index in [0.29, 0.717) is 11.7 Å². The Labute approximate surface area is 99.2 Å². The number of nitrogens with zero attached hydrogens (tertiary/aromatic N) is 3. The molecule has 5 heteroatoms. The monoisotopic (exact) mass is 230 g/mol. The summed E-state index contributed by atoms with van der Waals surface area (Å²) >= 11 is 0. The molecule has 88 valence electrons. The van der Waals surface area contributed by atoms with Crippen molar-refractivity contribution in [2.24, 2.45) is 5.73 Å². The summed E-state index contributed by atoms with van der Waals surface area (Å²) in [4.78, 5) is 6.47. The predicted molar refractivity (Wildman–Crippen MR) is 64.6 cm³/mol. The molecule has 0 atom stereocenters. The molecule has 0 fully saturated rings. The maximum Gasteiger partial charge on any atom is 0.240 e. The standard InChI is InChI=1S/C12H14N4O/c1-16-5-4-8-2-3-9(6-10(8)16)12-14-11(7-13)17-15-12/h2-3,6H,4-5,7,13H2,1H3. The van der Waals surface area contributed by atoms with Gasteiger partial charge >= 0.3 is 0 Å². The van der Waals surface area contributed by atoms with Gasteiger partial charge in [0.1, 0.15) is 0 Å². The van der Waals surface area contributed by atoms with E-state index in [1.165, 1.54) is 11.3 Å². The average molecular weight is 230 g/mol. The number of rotatable bonds is 2. The molecule has 0 saturated heterocycles. The van der Waals surface area contributed by atoms with Gasteiger partial charge in [-0.05, 0) is 18.1 Å². The minimum absolute atomic E-state index is 0.276. The minimum Gasteiger partial charge on any atom is -0.374 e. The van der Waals surface area contributed by atoms with Crippen molar-refractivity contribution >= 4 is 5.69 Å². The number of fused-ring (bicyclic) bond motifs is 1. The summed E-state index contributed by atoms with van der Waals surface area (Å²) < 4.78 is 5.01. The summed E-state index contributed by atoms with van der Waals surface area (Å²) in [6, 6.07) is 6.27. The zero-order valence-corrected chi connectivity index (χ0v) is 9.68. The SMILES string of the molecule is CN1CCc2ccc(-c3noc(CN)n3)cc21. The van der Waals surface area contributed by atoms with Crippen LogP contribution in [0.3, 0.4) is 0 Å². The molecule has 3 rings (SSSR count). The van der Waals surface area contributed by atoms with Crippen LogP contribution in [0.2, 0.25) is 0 Å². The molecule has 2 N–H and O–H groups in total. The Kier molecular flexibility index (Phi) is 2.33. The number of anilines is 1. The van der Waals surface area contributed by atoms with Crippen molar-refractivity contribution in [1.29, 1.82) is 0 Å². The van der Waals surface area contributed by atoms with Crippen LogP contribution in [0.25, 0.3) is 11.4 Å². The second-order valence-corrected chi connectivity index (χ2v) is 4.23. The molecule has 5 nitrogen and oxygen atoms in total. The quantitative estimate of drug-likeness (QED) is 0.839. The van der Waals surface area contributed by atoms with Crippen molar-refractivity contribution in [3.63, 3.8) is 0 Å². The second-order valence-electron chi connectivity index (χ2n) is 4.23. The van der Waals surface area contributed by atoms with Gasteiger partial charge < -0.3 is 15.2 Å². The third-order valence-electron chi connectivity index (χ3n) is 3.11. The number of hydrogen-bond donors (Lipinski definition) is 1. The molecule has 0 spiro atoms. The minimum atomic E-state index is 0.276. The van der Waals surface area contributed by atoms with Gasteiger partial charge in [-0.2, -0.15) is 4.98 Å². The number of likely N-dealkylation sites (N-methyl/N-ethyl adjacent to an activating group) is 1. The van der Waals surface area contributed by atoms with Crippen molar-refractivity contribution in [2.75, 3.05) is 18.5 Å². The number of hydrogen-bond acceptors (Lipinski definition) is 5. The molecule has 1 aliphatic heterocycles. The molecule has 1 aliphatic rings. The Bertz CT molecular complexity index is 549. The first kappa shape index (κ1) is 10.3. The summed E-state index contributed by atoms with van der Waals surface area (Å²) in [5.41, 5.74) is 9.05. The lowest BCUT2D eigenvalue weighted by Crippen LogP contribution is -2.12. The maximum absolute atomic E-state index is 5.45. The predicted octanol–water partition coefficient (Wildman–Crippen LogP) is 1.19. The lowest BCUT2D eigenvalue weighted by atomic mass is 10.1. The lowest BCUT2D eigenvalue weighted by Gasteiger charge is -2.11. The van der Waals surface area contributed by atoms with E-state index in [0.717, 1.165) is 18.5 Å². The Balaban J connectivity index is 2.01. The fourth-order valence-electron chi connectivity index (χ4n) is 2.13. The van der Waals surface area contributed by atoms with E-state index in [-0.39, 0.29) is 6.54 Å². The van der Waals surface area contributed by atoms with Crippen LogP contribution in [0.1, 0.15) is 11.5 Å². The second kappa shape index (κ2) is 3.85. The van der Waals surface area contributed by atoms with Gasteiger partial charge in [-0.25, -0.2) is 0 Å². The van der Waals surface area contributed by atoms with Crippen molar-refractivity contribution in [1.82, 2.24) is 10.1 Å². The molecule has 0 bridgehead atoms. The van der Waals surface area contributed by atoms with Crippen molar-refractivity contribution in [3.8, 4) is 11.4 Å². The Morgan fingerprint density at radius 3 is 3.12 bits per heavy atom. The van der Waals surface area contributed by atoms with Crippen LogP contribution >= 0.6 is 0 Å². The van der Waals surface area contributed by atoms with Gasteiger partial charge in [0, 0.05) is 24.8 Å². The molecule has 1 aromatic carbocycles. The van der Waals surface area contributed by atoms with Gasteiger partial charge in [-0.1, -0.05) is 17.3 Å². The average Bonchev–Trinajstić information content (AvgIpc) is 2.96. The van der Waals surface area contributed by atoms with Crippen LogP contribution in [0.4, 0.5) is 5.69 Å². The summed E-state index contributed by atoms with van der Waals surface area (Å²) in [5, 5.41) is 3.92. The van der Waals surface area contributed by atoms with Gasteiger partial charge in [0.05, 0.1) is 6.54 Å². The largest absolute Gasteiger partial charge is 0.374 e. The van der Waals surface area contributed by atoms with Crippen LogP contribution < -0.4 is 10.6 Å². The molecule has 1 aromatic heterocycles. The first-order valence-corrected chi connectivity index (χ1v) is 5.65. The highest BCUT2D eigenvalue weighted by molar-refractivity contribution is 5.68.